The lowest BCUT2D eigenvalue weighted by Gasteiger charge is -2.04. The first kappa shape index (κ1) is 10.4. The molecule has 0 amide bonds. The molecular weight excluding hydrogens is 190 g/mol. The van der Waals surface area contributed by atoms with Crippen LogP contribution in [-0.4, -0.2) is 22.4 Å². The van der Waals surface area contributed by atoms with E-state index in [0.29, 0.717) is 0 Å². The van der Waals surface area contributed by atoms with Crippen LogP contribution in [0.4, 0.5) is 0 Å². The van der Waals surface area contributed by atoms with Crippen molar-refractivity contribution in [2.75, 3.05) is 6.54 Å². The van der Waals surface area contributed by atoms with E-state index in [1.807, 2.05) is 0 Å². The van der Waals surface area contributed by atoms with E-state index in [9.17, 15) is 4.79 Å². The van der Waals surface area contributed by atoms with Gasteiger partial charge in [0.1, 0.15) is 0 Å². The van der Waals surface area contributed by atoms with Crippen LogP contribution in [0.2, 0.25) is 0 Å². The van der Waals surface area contributed by atoms with Crippen molar-refractivity contribution in [1.82, 2.24) is 15.1 Å². The number of nitrogens with one attached hydrogen (secondary N) is 1. The van der Waals surface area contributed by atoms with Crippen molar-refractivity contribution in [3.8, 4) is 0 Å². The van der Waals surface area contributed by atoms with Gasteiger partial charge in [0.2, 0.25) is 0 Å². The summed E-state index contributed by atoms with van der Waals surface area (Å²) in [6, 6.07) is 4.01. The van der Waals surface area contributed by atoms with Gasteiger partial charge in [-0.05, 0) is 38.3 Å². The van der Waals surface area contributed by atoms with Crippen LogP contribution in [0.15, 0.2) is 23.1 Å². The van der Waals surface area contributed by atoms with Crippen molar-refractivity contribution < 1.29 is 0 Å². The molecule has 82 valence electrons. The summed E-state index contributed by atoms with van der Waals surface area (Å²) in [5, 5.41) is 7.46. The minimum absolute atomic E-state index is 0.00680. The second kappa shape index (κ2) is 5.07. The van der Waals surface area contributed by atoms with Gasteiger partial charge >= 0.3 is 0 Å². The zero-order valence-electron chi connectivity index (χ0n) is 8.85. The van der Waals surface area contributed by atoms with Crippen LogP contribution in [0.25, 0.3) is 0 Å². The minimum Gasteiger partial charge on any atom is -0.314 e. The number of unbranched alkanes of at least 4 members (excludes halogenated alkanes) is 1. The van der Waals surface area contributed by atoms with Crippen LogP contribution >= 0.6 is 0 Å². The Labute approximate surface area is 89.3 Å². The Morgan fingerprint density at radius 2 is 2.33 bits per heavy atom. The normalized spacial score (nSPS) is 15.5. The smallest absolute Gasteiger partial charge is 0.266 e. The largest absolute Gasteiger partial charge is 0.314 e. The summed E-state index contributed by atoms with van der Waals surface area (Å²) in [6.45, 7) is 1.79. The van der Waals surface area contributed by atoms with Gasteiger partial charge in [-0.2, -0.15) is 5.10 Å². The molecule has 0 atom stereocenters. The predicted molar refractivity (Wildman–Crippen MR) is 58.8 cm³/mol. The molecule has 0 saturated heterocycles. The number of nitrogens with zero attached hydrogens (tertiary/aromatic N) is 2. The molecule has 1 N–H and O–H groups in total. The number of aryl methyl sites for hydroxylation is 1. The summed E-state index contributed by atoms with van der Waals surface area (Å²) in [4.78, 5) is 11.3. The van der Waals surface area contributed by atoms with Crippen LogP contribution in [-0.2, 0) is 6.54 Å². The fourth-order valence-electron chi connectivity index (χ4n) is 1.54. The molecule has 15 heavy (non-hydrogen) atoms. The van der Waals surface area contributed by atoms with Gasteiger partial charge in [-0.25, -0.2) is 4.68 Å². The van der Waals surface area contributed by atoms with E-state index in [2.05, 4.69) is 10.4 Å². The second-order valence-electron chi connectivity index (χ2n) is 4.02. The van der Waals surface area contributed by atoms with E-state index < -0.39 is 0 Å². The number of hydrogen-bond donors (Lipinski definition) is 1. The van der Waals surface area contributed by atoms with E-state index >= 15 is 0 Å². The van der Waals surface area contributed by atoms with Crippen LogP contribution in [0, 0.1) is 0 Å². The summed E-state index contributed by atoms with van der Waals surface area (Å²) in [5.74, 6) is 0. The SMILES string of the molecule is O=c1cccnn1CCCCNC1CC1. The van der Waals surface area contributed by atoms with Crippen LogP contribution in [0.1, 0.15) is 25.7 Å². The monoisotopic (exact) mass is 207 g/mol. The molecule has 0 aliphatic heterocycles. The zero-order chi connectivity index (χ0) is 10.5. The van der Waals surface area contributed by atoms with Crippen molar-refractivity contribution >= 4 is 0 Å². The maximum absolute atomic E-state index is 11.3. The molecule has 1 aliphatic rings. The Kier molecular flexibility index (Phi) is 3.50. The minimum atomic E-state index is -0.00680. The molecule has 1 aliphatic carbocycles. The molecular formula is C11H17N3O. The first-order chi connectivity index (χ1) is 7.36. The standard InChI is InChI=1S/C11H17N3O/c15-11-4-3-8-13-14(11)9-2-1-7-12-10-5-6-10/h3-4,8,10,12H,1-2,5-7,9H2. The van der Waals surface area contributed by atoms with Crippen molar-refractivity contribution in [3.63, 3.8) is 0 Å². The average molecular weight is 207 g/mol. The fraction of sp³-hybridized carbons (Fsp3) is 0.636. The predicted octanol–water partition coefficient (Wildman–Crippen LogP) is 0.775. The lowest BCUT2D eigenvalue weighted by Crippen LogP contribution is -2.22. The molecule has 0 aromatic carbocycles. The number of aromatic nitrogens is 2. The Morgan fingerprint density at radius 1 is 1.47 bits per heavy atom. The molecule has 4 heteroatoms. The molecule has 0 bridgehead atoms. The van der Waals surface area contributed by atoms with Gasteiger partial charge in [-0.1, -0.05) is 0 Å². The second-order valence-corrected chi connectivity index (χ2v) is 4.02. The zero-order valence-corrected chi connectivity index (χ0v) is 8.85. The van der Waals surface area contributed by atoms with Gasteiger partial charge in [0.05, 0.1) is 0 Å². The van der Waals surface area contributed by atoms with Crippen molar-refractivity contribution in [3.05, 3.63) is 28.7 Å². The molecule has 4 nitrogen and oxygen atoms in total. The van der Waals surface area contributed by atoms with E-state index in [1.54, 1.807) is 18.3 Å². The Bertz CT molecular complexity index is 357. The molecule has 1 aromatic rings. The summed E-state index contributed by atoms with van der Waals surface area (Å²) >= 11 is 0. The van der Waals surface area contributed by atoms with Crippen LogP contribution in [0.5, 0.6) is 0 Å². The van der Waals surface area contributed by atoms with Crippen LogP contribution < -0.4 is 10.9 Å². The number of hydrogen-bond acceptors (Lipinski definition) is 3. The highest BCUT2D eigenvalue weighted by molar-refractivity contribution is 4.84. The summed E-state index contributed by atoms with van der Waals surface area (Å²) in [5.41, 5.74) is -0.00680. The van der Waals surface area contributed by atoms with Gasteiger partial charge in [0.25, 0.3) is 5.56 Å². The molecule has 1 heterocycles. The third kappa shape index (κ3) is 3.47. The summed E-state index contributed by atoms with van der Waals surface area (Å²) < 4.78 is 1.52. The topological polar surface area (TPSA) is 46.9 Å². The Hall–Kier alpha value is -1.16. The Morgan fingerprint density at radius 3 is 3.07 bits per heavy atom. The lowest BCUT2D eigenvalue weighted by atomic mass is 10.3. The highest BCUT2D eigenvalue weighted by Gasteiger charge is 2.19. The van der Waals surface area contributed by atoms with Crippen molar-refractivity contribution in [1.29, 1.82) is 0 Å². The first-order valence-electron chi connectivity index (χ1n) is 5.62. The molecule has 1 aromatic heterocycles. The summed E-state index contributed by atoms with van der Waals surface area (Å²) in [6.07, 6.45) is 6.44. The molecule has 1 saturated carbocycles. The molecule has 0 radical (unpaired) electrons. The van der Waals surface area contributed by atoms with Gasteiger partial charge in [0.15, 0.2) is 0 Å². The third-order valence-electron chi connectivity index (χ3n) is 2.59. The highest BCUT2D eigenvalue weighted by Crippen LogP contribution is 2.18. The molecule has 0 unspecified atom stereocenters. The van der Waals surface area contributed by atoms with E-state index in [-0.39, 0.29) is 5.56 Å². The Balaban J connectivity index is 1.64. The van der Waals surface area contributed by atoms with Crippen molar-refractivity contribution in [2.45, 2.75) is 38.3 Å². The van der Waals surface area contributed by atoms with E-state index in [4.69, 9.17) is 0 Å². The molecule has 2 rings (SSSR count). The van der Waals surface area contributed by atoms with Crippen LogP contribution in [0.3, 0.4) is 0 Å². The van der Waals surface area contributed by atoms with Gasteiger partial charge < -0.3 is 5.32 Å². The summed E-state index contributed by atoms with van der Waals surface area (Å²) in [7, 11) is 0. The molecule has 0 spiro atoms. The average Bonchev–Trinajstić information content (AvgIpc) is 3.04. The van der Waals surface area contributed by atoms with Gasteiger partial charge in [-0.3, -0.25) is 4.79 Å². The first-order valence-corrected chi connectivity index (χ1v) is 5.62. The lowest BCUT2D eigenvalue weighted by molar-refractivity contribution is 0.515. The van der Waals surface area contributed by atoms with E-state index in [0.717, 1.165) is 32.0 Å². The van der Waals surface area contributed by atoms with Gasteiger partial charge in [-0.15, -0.1) is 0 Å². The van der Waals surface area contributed by atoms with Gasteiger partial charge in [0, 0.05) is 24.8 Å². The quantitative estimate of drug-likeness (QED) is 0.701. The maximum atomic E-state index is 11.3. The number of rotatable bonds is 6. The van der Waals surface area contributed by atoms with E-state index in [1.165, 1.54) is 17.5 Å². The maximum Gasteiger partial charge on any atom is 0.266 e. The molecule has 1 fully saturated rings. The fourth-order valence-corrected chi connectivity index (χ4v) is 1.54. The van der Waals surface area contributed by atoms with Crippen molar-refractivity contribution in [2.24, 2.45) is 0 Å². The highest BCUT2D eigenvalue weighted by atomic mass is 16.1. The third-order valence-corrected chi connectivity index (χ3v) is 2.59.